The van der Waals surface area contributed by atoms with Gasteiger partial charge in [-0.15, -0.1) is 10.2 Å². The van der Waals surface area contributed by atoms with Crippen LogP contribution in [-0.2, 0) is 11.4 Å². The summed E-state index contributed by atoms with van der Waals surface area (Å²) in [7, 11) is 0. The van der Waals surface area contributed by atoms with Gasteiger partial charge in [-0.2, -0.15) is 0 Å². The van der Waals surface area contributed by atoms with Gasteiger partial charge in [-0.3, -0.25) is 0 Å². The van der Waals surface area contributed by atoms with Crippen LogP contribution in [-0.4, -0.2) is 21.3 Å². The van der Waals surface area contributed by atoms with E-state index in [1.165, 1.54) is 6.08 Å². The molecule has 0 spiro atoms. The lowest BCUT2D eigenvalue weighted by Crippen LogP contribution is -1.97. The zero-order valence-corrected chi connectivity index (χ0v) is 19.3. The van der Waals surface area contributed by atoms with Crippen molar-refractivity contribution in [3.05, 3.63) is 98.9 Å². The molecule has 3 aromatic carbocycles. The summed E-state index contributed by atoms with van der Waals surface area (Å²) in [6.45, 7) is 0.332. The average molecular weight is 499 g/mol. The molecule has 0 unspecified atom stereocenters. The molecule has 0 radical (unpaired) electrons. The Kier molecular flexibility index (Phi) is 7.34. The molecule has 6 nitrogen and oxygen atoms in total. The summed E-state index contributed by atoms with van der Waals surface area (Å²) in [5.41, 5.74) is 2.25. The maximum absolute atomic E-state index is 11.7. The number of rotatable bonds is 8. The van der Waals surface area contributed by atoms with Crippen molar-refractivity contribution in [3.8, 4) is 17.2 Å². The zero-order valence-electron chi connectivity index (χ0n) is 16.9. The highest BCUT2D eigenvalue weighted by Crippen LogP contribution is 2.30. The van der Waals surface area contributed by atoms with Gasteiger partial charge in [-0.05, 0) is 65.9 Å². The number of hydrogen-bond donors (Lipinski definition) is 1. The molecule has 0 saturated heterocycles. The Morgan fingerprint density at radius 1 is 1.00 bits per heavy atom. The lowest BCUT2D eigenvalue weighted by atomic mass is 10.2. The molecule has 0 aliphatic carbocycles. The van der Waals surface area contributed by atoms with Crippen LogP contribution >= 0.6 is 35.0 Å². The smallest absolute Gasteiger partial charge is 0.342 e. The fraction of sp³-hybridized carbons (Fsp3) is 0.0417. The van der Waals surface area contributed by atoms with E-state index in [-0.39, 0.29) is 16.0 Å². The van der Waals surface area contributed by atoms with Crippen LogP contribution in [0.1, 0.15) is 11.1 Å². The van der Waals surface area contributed by atoms with Crippen LogP contribution in [0.15, 0.2) is 87.3 Å². The molecule has 4 aromatic rings. The molecule has 0 amide bonds. The maximum Gasteiger partial charge on any atom is 0.342 e. The van der Waals surface area contributed by atoms with Crippen LogP contribution in [0.25, 0.3) is 17.5 Å². The Morgan fingerprint density at radius 2 is 1.73 bits per heavy atom. The number of carboxylic acid groups (broad SMARTS) is 1. The number of ether oxygens (including phenoxy) is 1. The van der Waals surface area contributed by atoms with E-state index in [1.54, 1.807) is 54.6 Å². The van der Waals surface area contributed by atoms with Crippen molar-refractivity contribution in [3.63, 3.8) is 0 Å². The lowest BCUT2D eigenvalue weighted by Gasteiger charge is -2.08. The number of halogens is 2. The fourth-order valence-electron chi connectivity index (χ4n) is 2.78. The molecule has 9 heteroatoms. The number of thioether (sulfide) groups is 1. The molecule has 0 bridgehead atoms. The van der Waals surface area contributed by atoms with E-state index in [9.17, 15) is 9.90 Å². The first-order chi connectivity index (χ1) is 16.0. The van der Waals surface area contributed by atoms with E-state index in [0.29, 0.717) is 33.5 Å². The van der Waals surface area contributed by atoms with Crippen LogP contribution in [0.2, 0.25) is 10.0 Å². The number of carbonyl (C=O) groups is 1. The number of hydrogen-bond acceptors (Lipinski definition) is 6. The number of aromatic nitrogens is 2. The van der Waals surface area contributed by atoms with E-state index < -0.39 is 5.97 Å². The van der Waals surface area contributed by atoms with E-state index >= 15 is 0 Å². The molecule has 0 aliphatic rings. The highest BCUT2D eigenvalue weighted by molar-refractivity contribution is 8.03. The third-order valence-electron chi connectivity index (χ3n) is 4.44. The van der Waals surface area contributed by atoms with Crippen molar-refractivity contribution in [1.29, 1.82) is 0 Å². The largest absolute Gasteiger partial charge is 0.489 e. The molecule has 0 atom stereocenters. The Bertz CT molecular complexity index is 1290. The van der Waals surface area contributed by atoms with Crippen LogP contribution in [0, 0.1) is 0 Å². The molecule has 1 aromatic heterocycles. The minimum absolute atomic E-state index is 0.0334. The Hall–Kier alpha value is -3.26. The van der Waals surface area contributed by atoms with Crippen LogP contribution in [0.3, 0.4) is 0 Å². The van der Waals surface area contributed by atoms with Crippen molar-refractivity contribution in [2.24, 2.45) is 0 Å². The number of aliphatic carboxylic acids is 1. The van der Waals surface area contributed by atoms with Gasteiger partial charge < -0.3 is 14.3 Å². The van der Waals surface area contributed by atoms with Gasteiger partial charge >= 0.3 is 5.97 Å². The highest BCUT2D eigenvalue weighted by atomic mass is 35.5. The Labute approximate surface area is 203 Å². The summed E-state index contributed by atoms with van der Waals surface area (Å²) in [6, 6.07) is 21.4. The summed E-state index contributed by atoms with van der Waals surface area (Å²) in [6.07, 6.45) is 1.52. The molecule has 4 rings (SSSR count). The van der Waals surface area contributed by atoms with Crippen LogP contribution in [0.5, 0.6) is 5.75 Å². The SMILES string of the molecule is O=C(O)/C(=C/c1ccc(OCc2ccccc2Cl)cc1)Sc1nnc(-c2ccc(Cl)cc2)o1. The monoisotopic (exact) mass is 498 g/mol. The van der Waals surface area contributed by atoms with Gasteiger partial charge in [0, 0.05) is 21.2 Å². The van der Waals surface area contributed by atoms with Crippen molar-refractivity contribution < 1.29 is 19.1 Å². The molecule has 1 heterocycles. The second-order valence-corrected chi connectivity index (χ2v) is 8.58. The minimum Gasteiger partial charge on any atom is -0.489 e. The van der Waals surface area contributed by atoms with Gasteiger partial charge in [0.05, 0.1) is 0 Å². The number of nitrogens with zero attached hydrogens (tertiary/aromatic N) is 2. The molecule has 0 fully saturated rings. The predicted octanol–water partition coefficient (Wildman–Crippen LogP) is 6.84. The van der Waals surface area contributed by atoms with E-state index in [4.69, 9.17) is 32.4 Å². The van der Waals surface area contributed by atoms with E-state index in [1.807, 2.05) is 18.2 Å². The normalized spacial score (nSPS) is 11.4. The first-order valence-corrected chi connectivity index (χ1v) is 11.2. The van der Waals surface area contributed by atoms with Gasteiger partial charge in [0.25, 0.3) is 5.22 Å². The van der Waals surface area contributed by atoms with E-state index in [0.717, 1.165) is 17.3 Å². The number of carboxylic acids is 1. The summed E-state index contributed by atoms with van der Waals surface area (Å²) in [4.78, 5) is 11.8. The van der Waals surface area contributed by atoms with Crippen molar-refractivity contribution in [2.45, 2.75) is 11.8 Å². The summed E-state index contributed by atoms with van der Waals surface area (Å²) in [5.74, 6) is -0.190. The van der Waals surface area contributed by atoms with Gasteiger partial charge in [0.2, 0.25) is 5.89 Å². The molecule has 33 heavy (non-hydrogen) atoms. The molecular formula is C24H16Cl2N2O4S. The molecule has 0 saturated carbocycles. The standard InChI is InChI=1S/C24H16Cl2N2O4S/c25-18-9-7-16(8-10-18)22-27-28-24(32-22)33-21(23(29)30)13-15-5-11-19(12-6-15)31-14-17-3-1-2-4-20(17)26/h1-13H,14H2,(H,29,30)/b21-13-. The Morgan fingerprint density at radius 3 is 2.42 bits per heavy atom. The summed E-state index contributed by atoms with van der Waals surface area (Å²) in [5, 5.41) is 18.9. The third kappa shape index (κ3) is 6.16. The lowest BCUT2D eigenvalue weighted by molar-refractivity contribution is -0.131. The first kappa shape index (κ1) is 22.9. The minimum atomic E-state index is -1.11. The molecule has 166 valence electrons. The van der Waals surface area contributed by atoms with Crippen LogP contribution < -0.4 is 4.74 Å². The van der Waals surface area contributed by atoms with Crippen molar-refractivity contribution >= 4 is 47.0 Å². The Balaban J connectivity index is 1.44. The van der Waals surface area contributed by atoms with Gasteiger partial charge in [-0.25, -0.2) is 4.79 Å². The third-order valence-corrected chi connectivity index (χ3v) is 5.91. The first-order valence-electron chi connectivity index (χ1n) is 9.66. The quantitative estimate of drug-likeness (QED) is 0.210. The number of benzene rings is 3. The molecular weight excluding hydrogens is 483 g/mol. The summed E-state index contributed by atoms with van der Waals surface area (Å²) < 4.78 is 11.4. The van der Waals surface area contributed by atoms with Gasteiger partial charge in [0.15, 0.2) is 0 Å². The van der Waals surface area contributed by atoms with Gasteiger partial charge in [-0.1, -0.05) is 53.5 Å². The van der Waals surface area contributed by atoms with E-state index in [2.05, 4.69) is 10.2 Å². The second kappa shape index (κ2) is 10.6. The van der Waals surface area contributed by atoms with Crippen molar-refractivity contribution in [1.82, 2.24) is 10.2 Å². The van der Waals surface area contributed by atoms with Gasteiger partial charge in [0.1, 0.15) is 17.3 Å². The summed E-state index contributed by atoms with van der Waals surface area (Å²) >= 11 is 12.9. The molecule has 0 aliphatic heterocycles. The highest BCUT2D eigenvalue weighted by Gasteiger charge is 2.16. The fourth-order valence-corrected chi connectivity index (χ4v) is 3.77. The van der Waals surface area contributed by atoms with Crippen molar-refractivity contribution in [2.75, 3.05) is 0 Å². The predicted molar refractivity (Wildman–Crippen MR) is 128 cm³/mol. The second-order valence-electron chi connectivity index (χ2n) is 6.74. The zero-order chi connectivity index (χ0) is 23.2. The maximum atomic E-state index is 11.7. The molecule has 1 N–H and O–H groups in total. The topological polar surface area (TPSA) is 85.5 Å². The van der Waals surface area contributed by atoms with Crippen LogP contribution in [0.4, 0.5) is 0 Å². The average Bonchev–Trinajstić information content (AvgIpc) is 3.28.